The molecule has 0 heterocycles. The molecule has 0 amide bonds. The zero-order chi connectivity index (χ0) is 18.4. The van der Waals surface area contributed by atoms with Crippen LogP contribution in [-0.2, 0) is 27.2 Å². The van der Waals surface area contributed by atoms with Crippen LogP contribution < -0.4 is 4.74 Å². The first-order chi connectivity index (χ1) is 12.0. The van der Waals surface area contributed by atoms with Gasteiger partial charge in [-0.25, -0.2) is 0 Å². The fourth-order valence-corrected chi connectivity index (χ4v) is 3.48. The lowest BCUT2D eigenvalue weighted by Gasteiger charge is -2.43. The number of aryl methyl sites for hydroxylation is 1. The van der Waals surface area contributed by atoms with Crippen LogP contribution in [0, 0.1) is 0 Å². The molecular formula is C20H26ClNO4. The molecule has 2 rings (SSSR count). The van der Waals surface area contributed by atoms with Gasteiger partial charge in [-0.1, -0.05) is 18.2 Å². The van der Waals surface area contributed by atoms with Crippen LogP contribution in [0.4, 0.5) is 0 Å². The van der Waals surface area contributed by atoms with E-state index >= 15 is 0 Å². The smallest absolute Gasteiger partial charge is 0.326 e. The Morgan fingerprint density at radius 3 is 2.42 bits per heavy atom. The Morgan fingerprint density at radius 1 is 1.23 bits per heavy atom. The molecule has 0 radical (unpaired) electrons. The van der Waals surface area contributed by atoms with E-state index in [0.29, 0.717) is 38.1 Å². The van der Waals surface area contributed by atoms with Crippen LogP contribution in [0.25, 0.3) is 0 Å². The van der Waals surface area contributed by atoms with Crippen molar-refractivity contribution in [2.75, 3.05) is 20.2 Å². The standard InChI is InChI=1S/C20H25NO4.ClH/c1-5-11-21(12-6-2)20(19(23)24-4)10-9-16-13-18(25-15(3)22)8-7-17(16)14-20;/h5-8,13H,1-2,9-12,14H2,3-4H3;1H. The molecule has 5 nitrogen and oxygen atoms in total. The van der Waals surface area contributed by atoms with Gasteiger partial charge in [0.1, 0.15) is 11.3 Å². The average Bonchev–Trinajstić information content (AvgIpc) is 2.60. The Bertz CT molecular complexity index is 678. The summed E-state index contributed by atoms with van der Waals surface area (Å²) in [6.07, 6.45) is 5.43. The molecule has 0 saturated heterocycles. The minimum Gasteiger partial charge on any atom is -0.468 e. The van der Waals surface area contributed by atoms with Gasteiger partial charge in [0.05, 0.1) is 7.11 Å². The van der Waals surface area contributed by atoms with Crippen LogP contribution in [0.5, 0.6) is 5.75 Å². The molecular weight excluding hydrogens is 354 g/mol. The second-order valence-corrected chi connectivity index (χ2v) is 6.21. The third kappa shape index (κ3) is 4.54. The van der Waals surface area contributed by atoms with Gasteiger partial charge in [-0.15, -0.1) is 25.6 Å². The van der Waals surface area contributed by atoms with Crippen LogP contribution >= 0.6 is 12.4 Å². The minimum absolute atomic E-state index is 0. The van der Waals surface area contributed by atoms with Crippen molar-refractivity contribution in [2.24, 2.45) is 0 Å². The number of rotatable bonds is 7. The summed E-state index contributed by atoms with van der Waals surface area (Å²) in [4.78, 5) is 25.9. The van der Waals surface area contributed by atoms with Crippen molar-refractivity contribution in [1.29, 1.82) is 0 Å². The highest BCUT2D eigenvalue weighted by atomic mass is 35.5. The van der Waals surface area contributed by atoms with Gasteiger partial charge in [0.2, 0.25) is 0 Å². The maximum Gasteiger partial charge on any atom is 0.326 e. The predicted octanol–water partition coefficient (Wildman–Crippen LogP) is 3.11. The molecule has 1 aliphatic rings. The fraction of sp³-hybridized carbons (Fsp3) is 0.400. The molecule has 142 valence electrons. The van der Waals surface area contributed by atoms with Crippen molar-refractivity contribution in [2.45, 2.75) is 31.7 Å². The first kappa shape index (κ1) is 21.9. The summed E-state index contributed by atoms with van der Waals surface area (Å²) in [5, 5.41) is 0. The van der Waals surface area contributed by atoms with Crippen LogP contribution in [-0.4, -0.2) is 42.6 Å². The molecule has 0 fully saturated rings. The Kier molecular flexibility index (Phi) is 8.06. The minimum atomic E-state index is -0.743. The second kappa shape index (κ2) is 9.55. The van der Waals surface area contributed by atoms with E-state index in [9.17, 15) is 9.59 Å². The van der Waals surface area contributed by atoms with Crippen molar-refractivity contribution in [3.63, 3.8) is 0 Å². The Hall–Kier alpha value is -2.11. The van der Waals surface area contributed by atoms with Gasteiger partial charge in [-0.05, 0) is 36.1 Å². The molecule has 6 heteroatoms. The molecule has 1 aliphatic carbocycles. The quantitative estimate of drug-likeness (QED) is 0.414. The van der Waals surface area contributed by atoms with E-state index in [2.05, 4.69) is 18.1 Å². The normalized spacial score (nSPS) is 18.3. The molecule has 26 heavy (non-hydrogen) atoms. The lowest BCUT2D eigenvalue weighted by molar-refractivity contribution is -0.156. The fourth-order valence-electron chi connectivity index (χ4n) is 3.48. The summed E-state index contributed by atoms with van der Waals surface area (Å²) in [5.74, 6) is -0.0559. The molecule has 1 atom stereocenters. The third-order valence-corrected chi connectivity index (χ3v) is 4.60. The first-order valence-electron chi connectivity index (χ1n) is 8.32. The monoisotopic (exact) mass is 379 g/mol. The van der Waals surface area contributed by atoms with Crippen LogP contribution in [0.15, 0.2) is 43.5 Å². The number of carbonyl (C=O) groups excluding carboxylic acids is 2. The predicted molar refractivity (Wildman–Crippen MR) is 104 cm³/mol. The van der Waals surface area contributed by atoms with Gasteiger partial charge in [0.25, 0.3) is 0 Å². The molecule has 0 N–H and O–H groups in total. The topological polar surface area (TPSA) is 55.8 Å². The van der Waals surface area contributed by atoms with E-state index < -0.39 is 5.54 Å². The molecule has 0 aliphatic heterocycles. The number of methoxy groups -OCH3 is 1. The van der Waals surface area contributed by atoms with Crippen LogP contribution in [0.2, 0.25) is 0 Å². The summed E-state index contributed by atoms with van der Waals surface area (Å²) in [6, 6.07) is 5.56. The molecule has 0 saturated carbocycles. The Balaban J connectivity index is 0.00000338. The number of nitrogens with zero attached hydrogens (tertiary/aromatic N) is 1. The lowest BCUT2D eigenvalue weighted by Crippen LogP contribution is -2.58. The zero-order valence-electron chi connectivity index (χ0n) is 15.3. The highest BCUT2D eigenvalue weighted by Gasteiger charge is 2.46. The van der Waals surface area contributed by atoms with E-state index in [4.69, 9.17) is 9.47 Å². The lowest BCUT2D eigenvalue weighted by atomic mass is 9.76. The zero-order valence-corrected chi connectivity index (χ0v) is 16.1. The van der Waals surface area contributed by atoms with Gasteiger partial charge in [0, 0.05) is 26.4 Å². The summed E-state index contributed by atoms with van der Waals surface area (Å²) >= 11 is 0. The largest absolute Gasteiger partial charge is 0.468 e. The van der Waals surface area contributed by atoms with Gasteiger partial charge >= 0.3 is 11.9 Å². The van der Waals surface area contributed by atoms with Gasteiger partial charge < -0.3 is 9.47 Å². The summed E-state index contributed by atoms with van der Waals surface area (Å²) in [6.45, 7) is 10.1. The van der Waals surface area contributed by atoms with Gasteiger partial charge in [-0.2, -0.15) is 0 Å². The Morgan fingerprint density at radius 2 is 1.88 bits per heavy atom. The van der Waals surface area contributed by atoms with Crippen LogP contribution in [0.1, 0.15) is 24.5 Å². The van der Waals surface area contributed by atoms with Crippen molar-refractivity contribution in [3.05, 3.63) is 54.6 Å². The Labute approximate surface area is 161 Å². The molecule has 1 aromatic rings. The van der Waals surface area contributed by atoms with E-state index in [0.717, 1.165) is 11.1 Å². The number of esters is 2. The van der Waals surface area contributed by atoms with Crippen molar-refractivity contribution in [3.8, 4) is 5.75 Å². The van der Waals surface area contributed by atoms with E-state index in [1.807, 2.05) is 12.1 Å². The van der Waals surface area contributed by atoms with Crippen molar-refractivity contribution >= 4 is 24.3 Å². The summed E-state index contributed by atoms with van der Waals surface area (Å²) < 4.78 is 10.3. The summed E-state index contributed by atoms with van der Waals surface area (Å²) in [5.41, 5.74) is 1.41. The number of fused-ring (bicyclic) bond motifs is 1. The number of hydrogen-bond donors (Lipinski definition) is 0. The molecule has 0 spiro atoms. The highest BCUT2D eigenvalue weighted by molar-refractivity contribution is 5.85. The van der Waals surface area contributed by atoms with E-state index in [-0.39, 0.29) is 24.3 Å². The number of carbonyl (C=O) groups is 2. The summed E-state index contributed by atoms with van der Waals surface area (Å²) in [7, 11) is 1.42. The molecule has 1 aromatic carbocycles. The van der Waals surface area contributed by atoms with Crippen molar-refractivity contribution in [1.82, 2.24) is 4.90 Å². The number of halogens is 1. The third-order valence-electron chi connectivity index (χ3n) is 4.60. The average molecular weight is 380 g/mol. The molecule has 0 aromatic heterocycles. The van der Waals surface area contributed by atoms with Crippen molar-refractivity contribution < 1.29 is 19.1 Å². The van der Waals surface area contributed by atoms with Gasteiger partial charge in [0.15, 0.2) is 0 Å². The number of ether oxygens (including phenoxy) is 2. The van der Waals surface area contributed by atoms with E-state index in [1.165, 1.54) is 14.0 Å². The first-order valence-corrected chi connectivity index (χ1v) is 8.32. The highest BCUT2D eigenvalue weighted by Crippen LogP contribution is 2.36. The molecule has 0 bridgehead atoms. The SMILES string of the molecule is C=CCN(CC=C)C1(C(=O)OC)CCc2cc(OC(C)=O)ccc2C1.Cl. The maximum atomic E-state index is 12.7. The second-order valence-electron chi connectivity index (χ2n) is 6.21. The number of hydrogen-bond acceptors (Lipinski definition) is 5. The van der Waals surface area contributed by atoms with Crippen LogP contribution in [0.3, 0.4) is 0 Å². The number of benzene rings is 1. The maximum absolute atomic E-state index is 12.7. The van der Waals surface area contributed by atoms with E-state index in [1.54, 1.807) is 18.2 Å². The molecule has 1 unspecified atom stereocenters. The van der Waals surface area contributed by atoms with Gasteiger partial charge in [-0.3, -0.25) is 14.5 Å².